The van der Waals surface area contributed by atoms with Crippen LogP contribution in [0.3, 0.4) is 0 Å². The van der Waals surface area contributed by atoms with Gasteiger partial charge in [-0.25, -0.2) is 4.98 Å². The van der Waals surface area contributed by atoms with Crippen molar-refractivity contribution in [2.45, 2.75) is 25.9 Å². The van der Waals surface area contributed by atoms with E-state index >= 15 is 0 Å². The van der Waals surface area contributed by atoms with Crippen LogP contribution in [-0.4, -0.2) is 39.9 Å². The van der Waals surface area contributed by atoms with Crippen LogP contribution in [0.25, 0.3) is 10.2 Å². The molecule has 1 aromatic carbocycles. The number of hydrogen-bond donors (Lipinski definition) is 0. The van der Waals surface area contributed by atoms with Crippen molar-refractivity contribution in [1.29, 1.82) is 0 Å². The number of para-hydroxylation sites is 1. The van der Waals surface area contributed by atoms with E-state index < -0.39 is 0 Å². The highest BCUT2D eigenvalue weighted by molar-refractivity contribution is 7.22. The van der Waals surface area contributed by atoms with Crippen LogP contribution < -0.4 is 4.90 Å². The lowest BCUT2D eigenvalue weighted by Crippen LogP contribution is -2.37. The predicted octanol–water partition coefficient (Wildman–Crippen LogP) is 3.16. The number of anilines is 1. The Labute approximate surface area is 150 Å². The van der Waals surface area contributed by atoms with Gasteiger partial charge in [-0.2, -0.15) is 5.10 Å². The van der Waals surface area contributed by atoms with E-state index in [1.54, 1.807) is 9.58 Å². The SMILES string of the molecule is Cc1cc(C(=O)N(C[C@@H]2CCCO2)c2nc3ccccc3s2)nn1C. The van der Waals surface area contributed by atoms with Gasteiger partial charge in [-0.05, 0) is 38.0 Å². The largest absolute Gasteiger partial charge is 0.376 e. The second kappa shape index (κ2) is 6.57. The summed E-state index contributed by atoms with van der Waals surface area (Å²) in [5.74, 6) is -0.127. The molecule has 2 aromatic heterocycles. The van der Waals surface area contributed by atoms with Crippen LogP contribution in [0.1, 0.15) is 29.0 Å². The highest BCUT2D eigenvalue weighted by Gasteiger charge is 2.28. The molecule has 1 atom stereocenters. The van der Waals surface area contributed by atoms with Crippen molar-refractivity contribution in [1.82, 2.24) is 14.8 Å². The molecular formula is C18H20N4O2S. The minimum Gasteiger partial charge on any atom is -0.376 e. The molecular weight excluding hydrogens is 336 g/mol. The summed E-state index contributed by atoms with van der Waals surface area (Å²) in [5, 5.41) is 5.05. The summed E-state index contributed by atoms with van der Waals surface area (Å²) < 4.78 is 8.54. The molecule has 1 fully saturated rings. The maximum atomic E-state index is 13.1. The Morgan fingerprint density at radius 2 is 2.28 bits per heavy atom. The maximum absolute atomic E-state index is 13.1. The number of fused-ring (bicyclic) bond motifs is 1. The molecule has 6 nitrogen and oxygen atoms in total. The fraction of sp³-hybridized carbons (Fsp3) is 0.389. The third kappa shape index (κ3) is 3.17. The number of amides is 1. The molecule has 1 amide bonds. The first-order valence-electron chi connectivity index (χ1n) is 8.41. The number of hydrogen-bond acceptors (Lipinski definition) is 5. The van der Waals surface area contributed by atoms with Crippen molar-refractivity contribution in [3.63, 3.8) is 0 Å². The van der Waals surface area contributed by atoms with Crippen molar-refractivity contribution in [2.75, 3.05) is 18.1 Å². The zero-order valence-electron chi connectivity index (χ0n) is 14.3. The number of aromatic nitrogens is 3. The number of carbonyl (C=O) groups excluding carboxylic acids is 1. The van der Waals surface area contributed by atoms with E-state index in [1.165, 1.54) is 11.3 Å². The van der Waals surface area contributed by atoms with Crippen molar-refractivity contribution in [2.24, 2.45) is 7.05 Å². The van der Waals surface area contributed by atoms with E-state index in [-0.39, 0.29) is 12.0 Å². The lowest BCUT2D eigenvalue weighted by atomic mass is 10.2. The van der Waals surface area contributed by atoms with Crippen LogP contribution >= 0.6 is 11.3 Å². The first-order chi connectivity index (χ1) is 12.1. The molecule has 1 aliphatic heterocycles. The molecule has 1 aliphatic rings. The predicted molar refractivity (Wildman–Crippen MR) is 98.2 cm³/mol. The molecule has 0 bridgehead atoms. The average molecular weight is 356 g/mol. The van der Waals surface area contributed by atoms with Gasteiger partial charge >= 0.3 is 0 Å². The van der Waals surface area contributed by atoms with Crippen molar-refractivity contribution in [3.8, 4) is 0 Å². The van der Waals surface area contributed by atoms with Gasteiger partial charge in [0.1, 0.15) is 0 Å². The van der Waals surface area contributed by atoms with Crippen molar-refractivity contribution < 1.29 is 9.53 Å². The molecule has 3 heterocycles. The van der Waals surface area contributed by atoms with Gasteiger partial charge in [0.25, 0.3) is 5.91 Å². The highest BCUT2D eigenvalue weighted by Crippen LogP contribution is 2.30. The second-order valence-corrected chi connectivity index (χ2v) is 7.32. The number of carbonyl (C=O) groups is 1. The minimum absolute atomic E-state index is 0.0563. The summed E-state index contributed by atoms with van der Waals surface area (Å²) >= 11 is 1.53. The Balaban J connectivity index is 1.70. The third-order valence-corrected chi connectivity index (χ3v) is 5.56. The Bertz CT molecular complexity index is 858. The Hall–Kier alpha value is -2.25. The van der Waals surface area contributed by atoms with Crippen LogP contribution in [-0.2, 0) is 11.8 Å². The minimum atomic E-state index is -0.127. The number of aryl methyl sites for hydroxylation is 2. The van der Waals surface area contributed by atoms with Crippen LogP contribution in [0.15, 0.2) is 30.3 Å². The number of benzene rings is 1. The lowest BCUT2D eigenvalue weighted by Gasteiger charge is -2.22. The van der Waals surface area contributed by atoms with Crippen LogP contribution in [0, 0.1) is 6.92 Å². The van der Waals surface area contributed by atoms with Gasteiger partial charge in [-0.3, -0.25) is 14.4 Å². The topological polar surface area (TPSA) is 60.3 Å². The zero-order valence-corrected chi connectivity index (χ0v) is 15.1. The van der Waals surface area contributed by atoms with Crippen molar-refractivity contribution in [3.05, 3.63) is 41.7 Å². The fourth-order valence-electron chi connectivity index (χ4n) is 3.02. The van der Waals surface area contributed by atoms with Crippen LogP contribution in [0.4, 0.5) is 5.13 Å². The number of ether oxygens (including phenoxy) is 1. The molecule has 0 N–H and O–H groups in total. The normalized spacial score (nSPS) is 17.3. The molecule has 0 aliphatic carbocycles. The standard InChI is InChI=1S/C18H20N4O2S/c1-12-10-15(20-21(12)2)17(23)22(11-13-6-5-9-24-13)18-19-14-7-3-4-8-16(14)25-18/h3-4,7-8,10,13H,5-6,9,11H2,1-2H3/t13-/m0/s1. The number of nitrogens with zero attached hydrogens (tertiary/aromatic N) is 4. The molecule has 130 valence electrons. The third-order valence-electron chi connectivity index (χ3n) is 4.50. The molecule has 0 radical (unpaired) electrons. The molecule has 1 saturated heterocycles. The Kier molecular flexibility index (Phi) is 4.27. The second-order valence-electron chi connectivity index (χ2n) is 6.31. The van der Waals surface area contributed by atoms with E-state index in [1.807, 2.05) is 44.3 Å². The molecule has 0 saturated carbocycles. The number of thiazole rings is 1. The molecule has 4 rings (SSSR count). The first-order valence-corrected chi connectivity index (χ1v) is 9.23. The molecule has 7 heteroatoms. The van der Waals surface area contributed by atoms with Gasteiger partial charge < -0.3 is 4.74 Å². The lowest BCUT2D eigenvalue weighted by molar-refractivity contribution is 0.0913. The van der Waals surface area contributed by atoms with E-state index in [0.29, 0.717) is 17.4 Å². The van der Waals surface area contributed by atoms with Gasteiger partial charge in [-0.1, -0.05) is 23.5 Å². The van der Waals surface area contributed by atoms with E-state index in [9.17, 15) is 4.79 Å². The van der Waals surface area contributed by atoms with Gasteiger partial charge in [-0.15, -0.1) is 0 Å². The zero-order chi connectivity index (χ0) is 17.4. The molecule has 0 unspecified atom stereocenters. The Morgan fingerprint density at radius 1 is 1.44 bits per heavy atom. The van der Waals surface area contributed by atoms with Crippen LogP contribution in [0.5, 0.6) is 0 Å². The highest BCUT2D eigenvalue weighted by atomic mass is 32.1. The van der Waals surface area contributed by atoms with Gasteiger partial charge in [0, 0.05) is 19.3 Å². The Morgan fingerprint density at radius 3 is 2.96 bits per heavy atom. The summed E-state index contributed by atoms with van der Waals surface area (Å²) in [6.07, 6.45) is 2.06. The monoisotopic (exact) mass is 356 g/mol. The van der Waals surface area contributed by atoms with E-state index in [0.717, 1.165) is 35.4 Å². The molecule has 0 spiro atoms. The van der Waals surface area contributed by atoms with Crippen LogP contribution in [0.2, 0.25) is 0 Å². The summed E-state index contributed by atoms with van der Waals surface area (Å²) in [5.41, 5.74) is 2.30. The van der Waals surface area contributed by atoms with E-state index in [4.69, 9.17) is 4.74 Å². The summed E-state index contributed by atoms with van der Waals surface area (Å²) in [7, 11) is 1.84. The quantitative estimate of drug-likeness (QED) is 0.720. The molecule has 25 heavy (non-hydrogen) atoms. The summed E-state index contributed by atoms with van der Waals surface area (Å²) in [6, 6.07) is 9.75. The maximum Gasteiger partial charge on any atom is 0.280 e. The van der Waals surface area contributed by atoms with Gasteiger partial charge in [0.2, 0.25) is 0 Å². The van der Waals surface area contributed by atoms with E-state index in [2.05, 4.69) is 10.1 Å². The smallest absolute Gasteiger partial charge is 0.280 e. The summed E-state index contributed by atoms with van der Waals surface area (Å²) in [6.45, 7) is 3.20. The fourth-order valence-corrected chi connectivity index (χ4v) is 3.99. The first kappa shape index (κ1) is 16.2. The summed E-state index contributed by atoms with van der Waals surface area (Å²) in [4.78, 5) is 19.5. The average Bonchev–Trinajstić information content (AvgIpc) is 3.32. The number of rotatable bonds is 4. The van der Waals surface area contributed by atoms with Gasteiger partial charge in [0.05, 0.1) is 22.9 Å². The van der Waals surface area contributed by atoms with Crippen molar-refractivity contribution >= 4 is 32.6 Å². The van der Waals surface area contributed by atoms with Gasteiger partial charge in [0.15, 0.2) is 10.8 Å². The molecule has 3 aromatic rings.